The average Bonchev–Trinajstić information content (AvgIpc) is 3.33. The van der Waals surface area contributed by atoms with E-state index in [1.165, 1.54) is 26.6 Å². The van der Waals surface area contributed by atoms with Crippen molar-refractivity contribution in [1.82, 2.24) is 9.97 Å². The number of aromatic amines is 2. The fourth-order valence-electron chi connectivity index (χ4n) is 2.76. The molecule has 2 heterocycles. The number of esters is 2. The first-order valence-electron chi connectivity index (χ1n) is 9.76. The van der Waals surface area contributed by atoms with Gasteiger partial charge in [0.25, 0.3) is 0 Å². The third-order valence-corrected chi connectivity index (χ3v) is 4.33. The molecule has 2 aromatic heterocycles. The van der Waals surface area contributed by atoms with Crippen molar-refractivity contribution in [3.05, 3.63) is 34.9 Å². The first kappa shape index (κ1) is 25.3. The van der Waals surface area contributed by atoms with Gasteiger partial charge in [-0.25, -0.2) is 19.2 Å². The maximum Gasteiger partial charge on any atom is 0.411 e. The van der Waals surface area contributed by atoms with Crippen molar-refractivity contribution in [2.75, 3.05) is 51.3 Å². The normalized spacial score (nSPS) is 10.3. The molecule has 0 radical (unpaired) electrons. The van der Waals surface area contributed by atoms with E-state index in [2.05, 4.69) is 30.1 Å². The second-order valence-corrected chi connectivity index (χ2v) is 6.52. The number of H-pyrrole nitrogens is 2. The maximum atomic E-state index is 11.9. The smallest absolute Gasteiger partial charge is 0.411 e. The van der Waals surface area contributed by atoms with Crippen LogP contribution in [0.15, 0.2) is 12.4 Å². The van der Waals surface area contributed by atoms with E-state index in [1.54, 1.807) is 13.8 Å². The molecule has 180 valence electrons. The maximum absolute atomic E-state index is 11.9. The van der Waals surface area contributed by atoms with E-state index in [-0.39, 0.29) is 48.9 Å². The third-order valence-electron chi connectivity index (χ3n) is 4.33. The molecule has 0 aliphatic rings. The number of nitrogens with one attached hydrogen (secondary N) is 4. The van der Waals surface area contributed by atoms with Crippen molar-refractivity contribution in [1.29, 1.82) is 0 Å². The van der Waals surface area contributed by atoms with E-state index in [1.807, 2.05) is 0 Å². The molecular formula is C20H26N4O9. The molecule has 0 saturated heterocycles. The van der Waals surface area contributed by atoms with Gasteiger partial charge in [-0.2, -0.15) is 0 Å². The molecule has 33 heavy (non-hydrogen) atoms. The molecule has 0 aromatic carbocycles. The van der Waals surface area contributed by atoms with Gasteiger partial charge in [0.05, 0.1) is 38.8 Å². The van der Waals surface area contributed by atoms with E-state index >= 15 is 0 Å². The van der Waals surface area contributed by atoms with Crippen LogP contribution in [0.3, 0.4) is 0 Å². The van der Waals surface area contributed by atoms with Gasteiger partial charge in [0.15, 0.2) is 0 Å². The number of ether oxygens (including phenoxy) is 5. The molecular weight excluding hydrogens is 440 g/mol. The van der Waals surface area contributed by atoms with Crippen molar-refractivity contribution in [2.24, 2.45) is 0 Å². The summed E-state index contributed by atoms with van der Waals surface area (Å²) in [6, 6.07) is 0. The van der Waals surface area contributed by atoms with Gasteiger partial charge in [0.2, 0.25) is 0 Å². The van der Waals surface area contributed by atoms with Crippen LogP contribution in [0.4, 0.5) is 21.0 Å². The summed E-state index contributed by atoms with van der Waals surface area (Å²) in [5.74, 6) is -1.19. The lowest BCUT2D eigenvalue weighted by molar-refractivity contribution is 0.0512. The predicted molar refractivity (Wildman–Crippen MR) is 114 cm³/mol. The third kappa shape index (κ3) is 7.00. The van der Waals surface area contributed by atoms with Crippen LogP contribution in [0.5, 0.6) is 0 Å². The summed E-state index contributed by atoms with van der Waals surface area (Å²) in [5.41, 5.74) is 1.95. The number of hydrogen-bond acceptors (Lipinski definition) is 9. The number of aromatic nitrogens is 2. The van der Waals surface area contributed by atoms with Crippen molar-refractivity contribution in [3.8, 4) is 0 Å². The Hall–Kier alpha value is -4.00. The van der Waals surface area contributed by atoms with Crippen molar-refractivity contribution < 1.29 is 42.9 Å². The topological polar surface area (TPSA) is 170 Å². The highest BCUT2D eigenvalue weighted by molar-refractivity contribution is 6.01. The zero-order valence-corrected chi connectivity index (χ0v) is 18.7. The Kier molecular flexibility index (Phi) is 9.30. The minimum atomic E-state index is -0.776. The number of carbonyl (C=O) groups is 4. The van der Waals surface area contributed by atoms with Gasteiger partial charge in [-0.15, -0.1) is 0 Å². The van der Waals surface area contributed by atoms with E-state index < -0.39 is 24.1 Å². The van der Waals surface area contributed by atoms with E-state index in [4.69, 9.17) is 14.2 Å². The number of methoxy groups -OCH3 is 2. The fourth-order valence-corrected chi connectivity index (χ4v) is 2.76. The number of carbonyl (C=O) groups excluding carboxylic acids is 4. The van der Waals surface area contributed by atoms with Gasteiger partial charge in [0, 0.05) is 23.8 Å². The van der Waals surface area contributed by atoms with Crippen LogP contribution in [-0.4, -0.2) is 74.7 Å². The lowest BCUT2D eigenvalue weighted by Gasteiger charge is -2.09. The average molecular weight is 466 g/mol. The lowest BCUT2D eigenvalue weighted by atomic mass is 10.2. The van der Waals surface area contributed by atoms with Gasteiger partial charge in [-0.3, -0.25) is 10.6 Å². The zero-order valence-electron chi connectivity index (χ0n) is 18.7. The van der Waals surface area contributed by atoms with Crippen molar-refractivity contribution >= 4 is 35.5 Å². The largest absolute Gasteiger partial charge is 0.465 e. The summed E-state index contributed by atoms with van der Waals surface area (Å²) in [7, 11) is 2.48. The Morgan fingerprint density at radius 1 is 0.727 bits per heavy atom. The zero-order chi connectivity index (χ0) is 24.4. The fraction of sp³-hybridized carbons (Fsp3) is 0.400. The summed E-state index contributed by atoms with van der Waals surface area (Å²) in [5, 5.41) is 4.89. The minimum Gasteiger partial charge on any atom is -0.465 e. The van der Waals surface area contributed by atoms with Gasteiger partial charge in [-0.05, 0) is 13.8 Å². The molecule has 4 N–H and O–H groups in total. The monoisotopic (exact) mass is 466 g/mol. The first-order valence-corrected chi connectivity index (χ1v) is 9.76. The van der Waals surface area contributed by atoms with Crippen LogP contribution in [0.2, 0.25) is 0 Å². The van der Waals surface area contributed by atoms with Crippen LogP contribution >= 0.6 is 0 Å². The number of amides is 2. The predicted octanol–water partition coefficient (Wildman–Crippen LogP) is 2.35. The number of hydrogen-bond donors (Lipinski definition) is 4. The molecule has 0 aliphatic carbocycles. The molecule has 0 atom stereocenters. The van der Waals surface area contributed by atoms with Gasteiger partial charge in [0.1, 0.15) is 24.3 Å². The van der Waals surface area contributed by atoms with Crippen LogP contribution in [0, 0.1) is 13.8 Å². The Morgan fingerprint density at radius 2 is 1.12 bits per heavy atom. The molecule has 13 nitrogen and oxygen atoms in total. The Morgan fingerprint density at radius 3 is 1.48 bits per heavy atom. The molecule has 2 aromatic rings. The van der Waals surface area contributed by atoms with Crippen molar-refractivity contribution in [2.45, 2.75) is 13.8 Å². The van der Waals surface area contributed by atoms with Crippen LogP contribution < -0.4 is 10.6 Å². The van der Waals surface area contributed by atoms with E-state index in [0.29, 0.717) is 11.4 Å². The summed E-state index contributed by atoms with van der Waals surface area (Å²) in [6.45, 7) is 3.29. The molecule has 0 bridgehead atoms. The second-order valence-electron chi connectivity index (χ2n) is 6.52. The quantitative estimate of drug-likeness (QED) is 0.233. The standard InChI is InChI=1S/C20H26N4O9/c1-11-15(17(25)29-3)13(9-21-11)23-19(27)32-7-5-31-6-8-33-20(28)24-14-10-22-12(2)16(14)18(26)30-4/h9-10,21-22H,5-8H2,1-4H3,(H,23,27)(H,24,28). The van der Waals surface area contributed by atoms with E-state index in [9.17, 15) is 19.2 Å². The molecule has 0 unspecified atom stereocenters. The van der Waals surface area contributed by atoms with Crippen molar-refractivity contribution in [3.63, 3.8) is 0 Å². The number of rotatable bonds is 10. The lowest BCUT2D eigenvalue weighted by Crippen LogP contribution is -2.20. The Bertz CT molecular complexity index is 918. The van der Waals surface area contributed by atoms with Gasteiger partial charge in [-0.1, -0.05) is 0 Å². The first-order chi connectivity index (χ1) is 15.8. The van der Waals surface area contributed by atoms with Crippen LogP contribution in [0.25, 0.3) is 0 Å². The molecule has 2 rings (SSSR count). The van der Waals surface area contributed by atoms with Crippen LogP contribution in [-0.2, 0) is 23.7 Å². The highest BCUT2D eigenvalue weighted by atomic mass is 16.6. The summed E-state index contributed by atoms with van der Waals surface area (Å²) < 4.78 is 24.5. The molecule has 0 aliphatic heterocycles. The molecule has 13 heteroatoms. The summed E-state index contributed by atoms with van der Waals surface area (Å²) in [6.07, 6.45) is 1.35. The number of aryl methyl sites for hydroxylation is 2. The van der Waals surface area contributed by atoms with Gasteiger partial charge < -0.3 is 33.7 Å². The second kappa shape index (κ2) is 12.1. The molecule has 0 spiro atoms. The molecule has 2 amide bonds. The molecule has 0 fully saturated rings. The molecule has 0 saturated carbocycles. The minimum absolute atomic E-state index is 0.0535. The highest BCUT2D eigenvalue weighted by Gasteiger charge is 2.20. The Labute approximate surface area is 189 Å². The van der Waals surface area contributed by atoms with Crippen LogP contribution in [0.1, 0.15) is 32.1 Å². The summed E-state index contributed by atoms with van der Waals surface area (Å²) in [4.78, 5) is 52.9. The summed E-state index contributed by atoms with van der Waals surface area (Å²) >= 11 is 0. The highest BCUT2D eigenvalue weighted by Crippen LogP contribution is 2.21. The Balaban J connectivity index is 1.63. The van der Waals surface area contributed by atoms with Gasteiger partial charge >= 0.3 is 24.1 Å². The number of anilines is 2. The SMILES string of the molecule is COC(=O)c1c(NC(=O)OCCOCCOC(=O)Nc2c[nH]c(C)c2C(=O)OC)c[nH]c1C. The van der Waals surface area contributed by atoms with E-state index in [0.717, 1.165) is 0 Å².